The van der Waals surface area contributed by atoms with Gasteiger partial charge in [-0.25, -0.2) is 4.79 Å². The highest BCUT2D eigenvalue weighted by Gasteiger charge is 2.46. The van der Waals surface area contributed by atoms with E-state index in [1.54, 1.807) is 80.8 Å². The highest BCUT2D eigenvalue weighted by atomic mass is 79.9. The van der Waals surface area contributed by atoms with Gasteiger partial charge in [0.05, 0.1) is 23.3 Å². The molecular formula is C28H25BrN2O5. The van der Waals surface area contributed by atoms with E-state index in [2.05, 4.69) is 20.9 Å². The minimum atomic E-state index is -0.826. The van der Waals surface area contributed by atoms with Crippen molar-refractivity contribution in [2.75, 3.05) is 0 Å². The van der Waals surface area contributed by atoms with E-state index in [-0.39, 0.29) is 24.0 Å². The summed E-state index contributed by atoms with van der Waals surface area (Å²) in [5, 5.41) is 11.2. The molecular weight excluding hydrogens is 524 g/mol. The summed E-state index contributed by atoms with van der Waals surface area (Å²) in [6.45, 7) is 5.52. The molecule has 1 aromatic heterocycles. The molecule has 1 aliphatic rings. The summed E-state index contributed by atoms with van der Waals surface area (Å²) < 4.78 is 6.09. The molecule has 4 rings (SSSR count). The number of amides is 1. The number of aliphatic hydroxyl groups is 1. The fourth-order valence-electron chi connectivity index (χ4n) is 4.10. The van der Waals surface area contributed by atoms with Crippen molar-refractivity contribution in [3.05, 3.63) is 105 Å². The van der Waals surface area contributed by atoms with E-state index in [1.807, 2.05) is 6.92 Å². The lowest BCUT2D eigenvalue weighted by Gasteiger charge is -2.25. The van der Waals surface area contributed by atoms with Gasteiger partial charge >= 0.3 is 5.97 Å². The number of likely N-dealkylation sites (tertiary alicyclic amines) is 1. The van der Waals surface area contributed by atoms with Crippen LogP contribution in [0.15, 0.2) is 77.0 Å². The number of esters is 1. The highest BCUT2D eigenvalue weighted by Crippen LogP contribution is 2.40. The maximum atomic E-state index is 13.2. The number of carbonyl (C=O) groups is 3. The third kappa shape index (κ3) is 5.09. The minimum Gasteiger partial charge on any atom is -0.507 e. The van der Waals surface area contributed by atoms with Crippen molar-refractivity contribution in [2.45, 2.75) is 39.5 Å². The topological polar surface area (TPSA) is 96.8 Å². The van der Waals surface area contributed by atoms with Crippen LogP contribution < -0.4 is 0 Å². The Morgan fingerprint density at radius 1 is 1.11 bits per heavy atom. The van der Waals surface area contributed by atoms with Crippen LogP contribution in [0.1, 0.15) is 52.5 Å². The molecule has 0 spiro atoms. The molecule has 0 radical (unpaired) electrons. The van der Waals surface area contributed by atoms with Crippen LogP contribution in [0.4, 0.5) is 0 Å². The SMILES string of the molecule is Cc1cc(/C(O)=C2/C(=O)C(=O)N(Cc3ccc(C(=O)OC(C)C)cc3)C2c2cccnc2)ccc1Br. The molecule has 0 aliphatic carbocycles. The van der Waals surface area contributed by atoms with E-state index in [4.69, 9.17) is 4.74 Å². The molecule has 0 bridgehead atoms. The molecule has 2 heterocycles. The molecule has 2 aromatic carbocycles. The Balaban J connectivity index is 1.73. The molecule has 184 valence electrons. The predicted molar refractivity (Wildman–Crippen MR) is 138 cm³/mol. The van der Waals surface area contributed by atoms with Crippen molar-refractivity contribution in [1.82, 2.24) is 9.88 Å². The normalized spacial score (nSPS) is 17.0. The Bertz CT molecular complexity index is 1350. The number of hydrogen-bond donors (Lipinski definition) is 1. The van der Waals surface area contributed by atoms with Crippen LogP contribution in [0, 0.1) is 6.92 Å². The van der Waals surface area contributed by atoms with Gasteiger partial charge in [0.25, 0.3) is 11.7 Å². The van der Waals surface area contributed by atoms with Crippen molar-refractivity contribution < 1.29 is 24.2 Å². The number of carbonyl (C=O) groups excluding carboxylic acids is 3. The number of benzene rings is 2. The molecule has 1 unspecified atom stereocenters. The largest absolute Gasteiger partial charge is 0.507 e. The summed E-state index contributed by atoms with van der Waals surface area (Å²) in [6, 6.07) is 14.6. The monoisotopic (exact) mass is 548 g/mol. The number of ether oxygens (including phenoxy) is 1. The molecule has 1 atom stereocenters. The zero-order valence-corrected chi connectivity index (χ0v) is 21.7. The van der Waals surface area contributed by atoms with Crippen LogP contribution in [0.25, 0.3) is 5.76 Å². The van der Waals surface area contributed by atoms with Gasteiger partial charge in [-0.05, 0) is 67.8 Å². The Morgan fingerprint density at radius 2 is 1.81 bits per heavy atom. The van der Waals surface area contributed by atoms with Gasteiger partial charge in [-0.3, -0.25) is 14.6 Å². The lowest BCUT2D eigenvalue weighted by Crippen LogP contribution is -2.29. The molecule has 1 fully saturated rings. The van der Waals surface area contributed by atoms with Gasteiger partial charge in [0.15, 0.2) is 0 Å². The van der Waals surface area contributed by atoms with E-state index < -0.39 is 23.7 Å². The van der Waals surface area contributed by atoms with Gasteiger partial charge in [0, 0.05) is 29.0 Å². The minimum absolute atomic E-state index is 0.00635. The maximum Gasteiger partial charge on any atom is 0.338 e. The highest BCUT2D eigenvalue weighted by molar-refractivity contribution is 9.10. The summed E-state index contributed by atoms with van der Waals surface area (Å²) in [7, 11) is 0. The molecule has 0 saturated carbocycles. The summed E-state index contributed by atoms with van der Waals surface area (Å²) in [4.78, 5) is 44.1. The lowest BCUT2D eigenvalue weighted by molar-refractivity contribution is -0.140. The summed E-state index contributed by atoms with van der Waals surface area (Å²) in [6.07, 6.45) is 2.94. The Morgan fingerprint density at radius 3 is 2.42 bits per heavy atom. The predicted octanol–water partition coefficient (Wildman–Crippen LogP) is 5.34. The number of aliphatic hydroxyl groups excluding tert-OH is 1. The van der Waals surface area contributed by atoms with Crippen molar-refractivity contribution in [1.29, 1.82) is 0 Å². The number of rotatable bonds is 6. The second-order valence-electron chi connectivity index (χ2n) is 8.83. The zero-order valence-electron chi connectivity index (χ0n) is 20.1. The summed E-state index contributed by atoms with van der Waals surface area (Å²) in [5.41, 5.74) is 3.03. The molecule has 1 saturated heterocycles. The van der Waals surface area contributed by atoms with Crippen LogP contribution in [0.3, 0.4) is 0 Å². The second-order valence-corrected chi connectivity index (χ2v) is 9.68. The first kappa shape index (κ1) is 25.3. The Labute approximate surface area is 217 Å². The van der Waals surface area contributed by atoms with E-state index >= 15 is 0 Å². The Hall–Kier alpha value is -3.78. The van der Waals surface area contributed by atoms with Gasteiger partial charge in [-0.15, -0.1) is 0 Å². The van der Waals surface area contributed by atoms with E-state index in [9.17, 15) is 19.5 Å². The van der Waals surface area contributed by atoms with Crippen molar-refractivity contribution in [3.8, 4) is 0 Å². The number of aromatic nitrogens is 1. The van der Waals surface area contributed by atoms with Gasteiger partial charge in [-0.1, -0.05) is 40.2 Å². The van der Waals surface area contributed by atoms with Gasteiger partial charge in [0.1, 0.15) is 5.76 Å². The lowest BCUT2D eigenvalue weighted by atomic mass is 9.95. The van der Waals surface area contributed by atoms with Crippen molar-refractivity contribution in [2.24, 2.45) is 0 Å². The van der Waals surface area contributed by atoms with Crippen LogP contribution in [-0.4, -0.2) is 38.8 Å². The molecule has 1 N–H and O–H groups in total. The fourth-order valence-corrected chi connectivity index (χ4v) is 4.35. The third-order valence-corrected chi connectivity index (χ3v) is 6.75. The van der Waals surface area contributed by atoms with Crippen LogP contribution in [0.5, 0.6) is 0 Å². The van der Waals surface area contributed by atoms with Crippen LogP contribution in [0.2, 0.25) is 0 Å². The molecule has 1 aliphatic heterocycles. The zero-order chi connectivity index (χ0) is 26.0. The molecule has 1 amide bonds. The standard InChI is InChI=1S/C28H25BrN2O5/c1-16(2)36-28(35)19-8-6-18(7-9-19)15-31-24(21-5-4-12-30-14-21)23(26(33)27(31)34)25(32)20-10-11-22(29)17(3)13-20/h4-14,16,24,32H,15H2,1-3H3/b25-23-. The third-order valence-electron chi connectivity index (χ3n) is 5.86. The van der Waals surface area contributed by atoms with Crippen molar-refractivity contribution >= 4 is 39.3 Å². The molecule has 7 nitrogen and oxygen atoms in total. The second kappa shape index (κ2) is 10.5. The number of hydrogen-bond acceptors (Lipinski definition) is 6. The smallest absolute Gasteiger partial charge is 0.338 e. The molecule has 8 heteroatoms. The summed E-state index contributed by atoms with van der Waals surface area (Å²) in [5.74, 6) is -2.16. The average Bonchev–Trinajstić information content (AvgIpc) is 3.10. The Kier molecular flexibility index (Phi) is 7.35. The number of pyridine rings is 1. The number of halogens is 1. The molecule has 36 heavy (non-hydrogen) atoms. The quantitative estimate of drug-likeness (QED) is 0.193. The number of nitrogens with zero attached hydrogens (tertiary/aromatic N) is 2. The first-order valence-corrected chi connectivity index (χ1v) is 12.2. The number of aryl methyl sites for hydroxylation is 1. The first-order chi connectivity index (χ1) is 17.2. The van der Waals surface area contributed by atoms with Gasteiger partial charge in [-0.2, -0.15) is 0 Å². The van der Waals surface area contributed by atoms with E-state index in [0.29, 0.717) is 22.3 Å². The van der Waals surface area contributed by atoms with E-state index in [0.717, 1.165) is 10.0 Å². The summed E-state index contributed by atoms with van der Waals surface area (Å²) >= 11 is 3.44. The maximum absolute atomic E-state index is 13.2. The van der Waals surface area contributed by atoms with Gasteiger partial charge < -0.3 is 14.7 Å². The number of Topliss-reactive ketones (excluding diaryl/α,β-unsaturated/α-hetero) is 1. The van der Waals surface area contributed by atoms with E-state index in [1.165, 1.54) is 4.90 Å². The van der Waals surface area contributed by atoms with Gasteiger partial charge in [0.2, 0.25) is 0 Å². The number of ketones is 1. The van der Waals surface area contributed by atoms with Crippen molar-refractivity contribution in [3.63, 3.8) is 0 Å². The molecule has 3 aromatic rings. The fraction of sp³-hybridized carbons (Fsp3) is 0.214. The van der Waals surface area contributed by atoms with Crippen LogP contribution in [-0.2, 0) is 20.9 Å². The van der Waals surface area contributed by atoms with Crippen LogP contribution >= 0.6 is 15.9 Å². The average molecular weight is 549 g/mol. The first-order valence-electron chi connectivity index (χ1n) is 11.4.